The zero-order valence-corrected chi connectivity index (χ0v) is 6.34. The molecule has 3 N–H and O–H groups in total. The van der Waals surface area contributed by atoms with Crippen LogP contribution in [0.1, 0.15) is 5.56 Å². The summed E-state index contributed by atoms with van der Waals surface area (Å²) in [6.07, 6.45) is 0. The van der Waals surface area contributed by atoms with Crippen molar-refractivity contribution in [2.75, 3.05) is 0 Å². The van der Waals surface area contributed by atoms with Crippen LogP contribution in [-0.4, -0.2) is 15.3 Å². The molecule has 0 aliphatic carbocycles. The number of aromatic hydroxyl groups is 2. The predicted octanol–water partition coefficient (Wildman–Crippen LogP) is 1.24. The van der Waals surface area contributed by atoms with Gasteiger partial charge in [0.2, 0.25) is 0 Å². The van der Waals surface area contributed by atoms with Crippen LogP contribution in [0.4, 0.5) is 0 Å². The van der Waals surface area contributed by atoms with Gasteiger partial charge in [-0.05, 0) is 6.07 Å². The molecule has 0 heterocycles. The van der Waals surface area contributed by atoms with Crippen molar-refractivity contribution >= 4 is 11.6 Å². The summed E-state index contributed by atoms with van der Waals surface area (Å²) in [5.41, 5.74) is 0.218. The predicted molar refractivity (Wildman–Crippen MR) is 40.7 cm³/mol. The number of hydrogen-bond donors (Lipinski definition) is 3. The summed E-state index contributed by atoms with van der Waals surface area (Å²) in [5.74, 6) is -0.260. The summed E-state index contributed by atoms with van der Waals surface area (Å²) >= 11 is 5.48. The van der Waals surface area contributed by atoms with Crippen molar-refractivity contribution in [2.45, 2.75) is 6.61 Å². The van der Waals surface area contributed by atoms with E-state index in [-0.39, 0.29) is 28.7 Å². The summed E-state index contributed by atoms with van der Waals surface area (Å²) in [5, 5.41) is 26.7. The minimum Gasteiger partial charge on any atom is -0.508 e. The normalized spacial score (nSPS) is 10.0. The average Bonchev–Trinajstić information content (AvgIpc) is 1.96. The Kier molecular flexibility index (Phi) is 2.22. The Morgan fingerprint density at radius 1 is 1.27 bits per heavy atom. The van der Waals surface area contributed by atoms with E-state index in [1.165, 1.54) is 12.1 Å². The van der Waals surface area contributed by atoms with Crippen molar-refractivity contribution in [1.82, 2.24) is 0 Å². The smallest absolute Gasteiger partial charge is 0.139 e. The van der Waals surface area contributed by atoms with E-state index in [9.17, 15) is 0 Å². The Hall–Kier alpha value is -0.930. The van der Waals surface area contributed by atoms with E-state index in [2.05, 4.69) is 0 Å². The van der Waals surface area contributed by atoms with Crippen molar-refractivity contribution in [2.24, 2.45) is 0 Å². The molecule has 3 nitrogen and oxygen atoms in total. The highest BCUT2D eigenvalue weighted by atomic mass is 35.5. The Bertz CT molecular complexity index is 273. The molecule has 0 saturated heterocycles. The van der Waals surface area contributed by atoms with Crippen LogP contribution in [0.25, 0.3) is 0 Å². The van der Waals surface area contributed by atoms with Gasteiger partial charge in [0.15, 0.2) is 0 Å². The molecule has 0 bridgehead atoms. The Morgan fingerprint density at radius 2 is 1.91 bits per heavy atom. The van der Waals surface area contributed by atoms with Gasteiger partial charge < -0.3 is 15.3 Å². The number of benzene rings is 1. The minimum absolute atomic E-state index is 0.0362. The van der Waals surface area contributed by atoms with Crippen LogP contribution < -0.4 is 0 Å². The molecular weight excluding hydrogens is 168 g/mol. The second kappa shape index (κ2) is 2.98. The van der Waals surface area contributed by atoms with Gasteiger partial charge in [-0.25, -0.2) is 0 Å². The van der Waals surface area contributed by atoms with Gasteiger partial charge >= 0.3 is 0 Å². The number of aliphatic hydroxyl groups is 1. The standard InChI is InChI=1S/C7H7ClO3/c8-6-2-5(10)1-4(3-9)7(6)11/h1-2,9-11H,3H2. The maximum Gasteiger partial charge on any atom is 0.139 e. The summed E-state index contributed by atoms with van der Waals surface area (Å²) < 4.78 is 0. The molecule has 0 amide bonds. The molecule has 0 aliphatic heterocycles. The highest BCUT2D eigenvalue weighted by molar-refractivity contribution is 6.32. The topological polar surface area (TPSA) is 60.7 Å². The van der Waals surface area contributed by atoms with Crippen molar-refractivity contribution in [3.05, 3.63) is 22.7 Å². The van der Waals surface area contributed by atoms with Crippen LogP contribution in [-0.2, 0) is 6.61 Å². The summed E-state index contributed by atoms with van der Waals surface area (Å²) in [7, 11) is 0. The van der Waals surface area contributed by atoms with Crippen LogP contribution in [0.5, 0.6) is 11.5 Å². The Morgan fingerprint density at radius 3 is 2.45 bits per heavy atom. The van der Waals surface area contributed by atoms with Gasteiger partial charge in [-0.2, -0.15) is 0 Å². The average molecular weight is 175 g/mol. The Labute approximate surface area is 68.5 Å². The monoisotopic (exact) mass is 174 g/mol. The first-order chi connectivity index (χ1) is 5.15. The molecule has 0 atom stereocenters. The van der Waals surface area contributed by atoms with E-state index in [0.29, 0.717) is 0 Å². The van der Waals surface area contributed by atoms with E-state index in [4.69, 9.17) is 26.9 Å². The molecule has 0 spiro atoms. The molecule has 0 aliphatic rings. The van der Waals surface area contributed by atoms with Crippen molar-refractivity contribution in [3.8, 4) is 11.5 Å². The van der Waals surface area contributed by atoms with E-state index in [1.54, 1.807) is 0 Å². The number of rotatable bonds is 1. The van der Waals surface area contributed by atoms with Gasteiger partial charge in [-0.1, -0.05) is 11.6 Å². The van der Waals surface area contributed by atoms with Crippen LogP contribution in [0.3, 0.4) is 0 Å². The molecule has 0 aromatic heterocycles. The van der Waals surface area contributed by atoms with Crippen molar-refractivity contribution in [3.63, 3.8) is 0 Å². The molecular formula is C7H7ClO3. The van der Waals surface area contributed by atoms with E-state index in [1.807, 2.05) is 0 Å². The summed E-state index contributed by atoms with van der Waals surface area (Å²) in [6, 6.07) is 2.46. The molecule has 11 heavy (non-hydrogen) atoms. The molecule has 0 radical (unpaired) electrons. The maximum atomic E-state index is 9.12. The first kappa shape index (κ1) is 8.17. The van der Waals surface area contributed by atoms with Gasteiger partial charge in [-0.3, -0.25) is 0 Å². The lowest BCUT2D eigenvalue weighted by molar-refractivity contribution is 0.275. The van der Waals surface area contributed by atoms with Gasteiger partial charge in [0.1, 0.15) is 11.5 Å². The molecule has 1 aromatic carbocycles. The number of halogens is 1. The second-order valence-electron chi connectivity index (χ2n) is 2.09. The fraction of sp³-hybridized carbons (Fsp3) is 0.143. The third-order valence-corrected chi connectivity index (χ3v) is 1.59. The minimum atomic E-state index is -0.347. The zero-order valence-electron chi connectivity index (χ0n) is 5.58. The fourth-order valence-corrected chi connectivity index (χ4v) is 0.994. The quantitative estimate of drug-likeness (QED) is 0.562. The largest absolute Gasteiger partial charge is 0.508 e. The van der Waals surface area contributed by atoms with Crippen molar-refractivity contribution < 1.29 is 15.3 Å². The van der Waals surface area contributed by atoms with Crippen LogP contribution in [0, 0.1) is 0 Å². The molecule has 0 saturated carbocycles. The lowest BCUT2D eigenvalue weighted by Gasteiger charge is -2.02. The number of aliphatic hydroxyl groups excluding tert-OH is 1. The zero-order chi connectivity index (χ0) is 8.43. The molecule has 1 aromatic rings. The highest BCUT2D eigenvalue weighted by Gasteiger charge is 2.06. The third kappa shape index (κ3) is 1.56. The maximum absolute atomic E-state index is 9.12. The Balaban J connectivity index is 3.24. The molecule has 60 valence electrons. The van der Waals surface area contributed by atoms with Gasteiger partial charge in [0.25, 0.3) is 0 Å². The van der Waals surface area contributed by atoms with Crippen LogP contribution in [0.2, 0.25) is 5.02 Å². The number of phenols is 2. The first-order valence-electron chi connectivity index (χ1n) is 2.96. The van der Waals surface area contributed by atoms with Crippen LogP contribution >= 0.6 is 11.6 Å². The van der Waals surface area contributed by atoms with E-state index < -0.39 is 0 Å². The molecule has 0 unspecified atom stereocenters. The van der Waals surface area contributed by atoms with E-state index >= 15 is 0 Å². The number of hydrogen-bond acceptors (Lipinski definition) is 3. The second-order valence-corrected chi connectivity index (χ2v) is 2.50. The fourth-order valence-electron chi connectivity index (χ4n) is 0.761. The van der Waals surface area contributed by atoms with E-state index in [0.717, 1.165) is 0 Å². The summed E-state index contributed by atoms with van der Waals surface area (Å²) in [6.45, 7) is -0.347. The lowest BCUT2D eigenvalue weighted by atomic mass is 10.2. The lowest BCUT2D eigenvalue weighted by Crippen LogP contribution is -1.84. The van der Waals surface area contributed by atoms with Crippen LogP contribution in [0.15, 0.2) is 12.1 Å². The van der Waals surface area contributed by atoms with Gasteiger partial charge in [0.05, 0.1) is 11.6 Å². The van der Waals surface area contributed by atoms with Gasteiger partial charge in [0, 0.05) is 11.6 Å². The molecule has 0 fully saturated rings. The van der Waals surface area contributed by atoms with Gasteiger partial charge in [-0.15, -0.1) is 0 Å². The van der Waals surface area contributed by atoms with Crippen molar-refractivity contribution in [1.29, 1.82) is 0 Å². The molecule has 4 heteroatoms. The molecule has 1 rings (SSSR count). The SMILES string of the molecule is OCc1cc(O)cc(Cl)c1O. The third-order valence-electron chi connectivity index (χ3n) is 1.30. The summed E-state index contributed by atoms with van der Waals surface area (Å²) in [4.78, 5) is 0. The highest BCUT2D eigenvalue weighted by Crippen LogP contribution is 2.31. The first-order valence-corrected chi connectivity index (χ1v) is 3.34. The number of phenolic OH excluding ortho intramolecular Hbond substituents is 1.